The van der Waals surface area contributed by atoms with Gasteiger partial charge in [-0.15, -0.1) is 11.3 Å². The maximum Gasteiger partial charge on any atom is 0.265 e. The Hall–Kier alpha value is -2.93. The summed E-state index contributed by atoms with van der Waals surface area (Å²) in [5, 5.41) is 0.788. The summed E-state index contributed by atoms with van der Waals surface area (Å²) in [5.74, 6) is 0.904. The van der Waals surface area contributed by atoms with E-state index in [0.29, 0.717) is 18.0 Å². The number of carbonyl (C=O) groups excluding carboxylic acids is 1. The molecule has 0 N–H and O–H groups in total. The first-order valence-corrected chi connectivity index (χ1v) is 10.0. The molecular formula is C21H22N4O2S. The summed E-state index contributed by atoms with van der Waals surface area (Å²) in [6.07, 6.45) is 1.74. The van der Waals surface area contributed by atoms with Gasteiger partial charge in [-0.2, -0.15) is 0 Å². The third kappa shape index (κ3) is 3.71. The molecule has 1 fully saturated rings. The Balaban J connectivity index is 1.45. The average Bonchev–Trinajstić information content (AvgIpc) is 3.15. The summed E-state index contributed by atoms with van der Waals surface area (Å²) in [4.78, 5) is 26.9. The maximum atomic E-state index is 13.0. The van der Waals surface area contributed by atoms with Crippen LogP contribution in [0, 0.1) is 6.92 Å². The van der Waals surface area contributed by atoms with Gasteiger partial charge in [-0.3, -0.25) is 9.78 Å². The molecule has 0 radical (unpaired) electrons. The van der Waals surface area contributed by atoms with Crippen molar-refractivity contribution in [3.05, 3.63) is 59.2 Å². The molecule has 7 heteroatoms. The van der Waals surface area contributed by atoms with Crippen LogP contribution < -0.4 is 9.64 Å². The number of methoxy groups -OCH3 is 1. The van der Waals surface area contributed by atoms with Crippen molar-refractivity contribution >= 4 is 22.9 Å². The van der Waals surface area contributed by atoms with Crippen LogP contribution in [0.2, 0.25) is 0 Å². The van der Waals surface area contributed by atoms with Crippen LogP contribution in [-0.2, 0) is 0 Å². The summed E-state index contributed by atoms with van der Waals surface area (Å²) < 4.78 is 5.31. The lowest BCUT2D eigenvalue weighted by Crippen LogP contribution is -2.48. The number of pyridine rings is 1. The van der Waals surface area contributed by atoms with Gasteiger partial charge < -0.3 is 14.5 Å². The number of amides is 1. The van der Waals surface area contributed by atoms with Crippen LogP contribution in [0.1, 0.15) is 15.4 Å². The quantitative estimate of drug-likeness (QED) is 0.678. The van der Waals surface area contributed by atoms with E-state index in [1.807, 2.05) is 48.2 Å². The molecule has 1 aromatic carbocycles. The number of hydrogen-bond donors (Lipinski definition) is 0. The summed E-state index contributed by atoms with van der Waals surface area (Å²) in [5.41, 5.74) is 2.70. The second-order valence-corrected chi connectivity index (χ2v) is 7.63. The molecule has 4 rings (SSSR count). The number of aromatic nitrogens is 2. The highest BCUT2D eigenvalue weighted by atomic mass is 32.1. The van der Waals surface area contributed by atoms with E-state index in [1.54, 1.807) is 13.3 Å². The lowest BCUT2D eigenvalue weighted by atomic mass is 10.2. The van der Waals surface area contributed by atoms with Crippen LogP contribution >= 0.6 is 11.3 Å². The van der Waals surface area contributed by atoms with Gasteiger partial charge in [-0.05, 0) is 31.2 Å². The van der Waals surface area contributed by atoms with E-state index in [-0.39, 0.29) is 5.91 Å². The van der Waals surface area contributed by atoms with Crippen molar-refractivity contribution in [1.29, 1.82) is 0 Å². The Bertz CT molecular complexity index is 966. The third-order valence-electron chi connectivity index (χ3n) is 4.86. The zero-order chi connectivity index (χ0) is 19.5. The molecule has 3 aromatic rings. The van der Waals surface area contributed by atoms with Gasteiger partial charge in [-0.1, -0.05) is 12.1 Å². The number of thiazole rings is 1. The molecule has 0 bridgehead atoms. The van der Waals surface area contributed by atoms with Crippen LogP contribution in [-0.4, -0.2) is 54.1 Å². The van der Waals surface area contributed by atoms with Crippen LogP contribution in [0.25, 0.3) is 10.7 Å². The number of anilines is 1. The molecule has 1 saturated heterocycles. The van der Waals surface area contributed by atoms with Gasteiger partial charge in [0.1, 0.15) is 15.6 Å². The fourth-order valence-electron chi connectivity index (χ4n) is 3.31. The minimum atomic E-state index is 0.0578. The van der Waals surface area contributed by atoms with Crippen molar-refractivity contribution in [1.82, 2.24) is 14.9 Å². The van der Waals surface area contributed by atoms with E-state index >= 15 is 0 Å². The average molecular weight is 395 g/mol. The summed E-state index contributed by atoms with van der Waals surface area (Å²) >= 11 is 1.42. The molecule has 1 aliphatic heterocycles. The van der Waals surface area contributed by atoms with Crippen LogP contribution in [0.3, 0.4) is 0 Å². The van der Waals surface area contributed by atoms with Gasteiger partial charge in [0.2, 0.25) is 0 Å². The smallest absolute Gasteiger partial charge is 0.265 e. The van der Waals surface area contributed by atoms with E-state index < -0.39 is 0 Å². The van der Waals surface area contributed by atoms with Crippen molar-refractivity contribution in [3.8, 4) is 16.5 Å². The fourth-order valence-corrected chi connectivity index (χ4v) is 4.32. The standard InChI is InChI=1S/C21H22N4O2S/c1-15-19(28-20(23-15)18-8-3-4-9-22-18)21(26)25-12-10-24(11-13-25)16-6-5-7-17(14-16)27-2/h3-9,14H,10-13H2,1-2H3. The van der Waals surface area contributed by atoms with Crippen molar-refractivity contribution in [2.75, 3.05) is 38.2 Å². The third-order valence-corrected chi connectivity index (χ3v) is 6.03. The topological polar surface area (TPSA) is 58.6 Å². The SMILES string of the molecule is COc1cccc(N2CCN(C(=O)c3sc(-c4ccccn4)nc3C)CC2)c1. The molecule has 144 valence electrons. The van der Waals surface area contributed by atoms with Gasteiger partial charge in [0.05, 0.1) is 18.5 Å². The molecule has 0 spiro atoms. The summed E-state index contributed by atoms with van der Waals surface area (Å²) in [7, 11) is 1.67. The molecule has 0 saturated carbocycles. The van der Waals surface area contributed by atoms with Crippen LogP contribution in [0.5, 0.6) is 5.75 Å². The highest BCUT2D eigenvalue weighted by molar-refractivity contribution is 7.17. The van der Waals surface area contributed by atoms with Crippen LogP contribution in [0.4, 0.5) is 5.69 Å². The monoisotopic (exact) mass is 394 g/mol. The number of rotatable bonds is 4. The minimum Gasteiger partial charge on any atom is -0.497 e. The molecule has 1 aliphatic rings. The number of carbonyl (C=O) groups is 1. The number of hydrogen-bond acceptors (Lipinski definition) is 6. The van der Waals surface area contributed by atoms with Crippen molar-refractivity contribution < 1.29 is 9.53 Å². The van der Waals surface area contributed by atoms with E-state index in [1.165, 1.54) is 11.3 Å². The summed E-state index contributed by atoms with van der Waals surface area (Å²) in [6, 6.07) is 13.8. The minimum absolute atomic E-state index is 0.0578. The lowest BCUT2D eigenvalue weighted by molar-refractivity contribution is 0.0750. The Morgan fingerprint density at radius 2 is 1.93 bits per heavy atom. The second-order valence-electron chi connectivity index (χ2n) is 6.63. The maximum absolute atomic E-state index is 13.0. The molecule has 0 unspecified atom stereocenters. The molecule has 0 aliphatic carbocycles. The number of piperazine rings is 1. The molecule has 1 amide bonds. The first-order chi connectivity index (χ1) is 13.7. The van der Waals surface area contributed by atoms with E-state index in [9.17, 15) is 4.79 Å². The molecule has 0 atom stereocenters. The van der Waals surface area contributed by atoms with Crippen molar-refractivity contribution in [3.63, 3.8) is 0 Å². The molecule has 3 heterocycles. The number of benzene rings is 1. The normalized spacial score (nSPS) is 14.2. The first kappa shape index (κ1) is 18.4. The van der Waals surface area contributed by atoms with Crippen molar-refractivity contribution in [2.45, 2.75) is 6.92 Å². The zero-order valence-electron chi connectivity index (χ0n) is 16.0. The number of nitrogens with zero attached hydrogens (tertiary/aromatic N) is 4. The zero-order valence-corrected chi connectivity index (χ0v) is 16.8. The van der Waals surface area contributed by atoms with Gasteiger partial charge in [-0.25, -0.2) is 4.98 Å². The molecule has 28 heavy (non-hydrogen) atoms. The van der Waals surface area contributed by atoms with Gasteiger partial charge in [0, 0.05) is 44.1 Å². The number of aryl methyl sites for hydroxylation is 1. The van der Waals surface area contributed by atoms with E-state index in [4.69, 9.17) is 4.74 Å². The van der Waals surface area contributed by atoms with Gasteiger partial charge >= 0.3 is 0 Å². The highest BCUT2D eigenvalue weighted by Gasteiger charge is 2.26. The van der Waals surface area contributed by atoms with Gasteiger partial charge in [0.15, 0.2) is 0 Å². The Morgan fingerprint density at radius 3 is 2.64 bits per heavy atom. The fraction of sp³-hybridized carbons (Fsp3) is 0.286. The highest BCUT2D eigenvalue weighted by Crippen LogP contribution is 2.28. The van der Waals surface area contributed by atoms with Crippen molar-refractivity contribution in [2.24, 2.45) is 0 Å². The first-order valence-electron chi connectivity index (χ1n) is 9.23. The van der Waals surface area contributed by atoms with Crippen LogP contribution in [0.15, 0.2) is 48.7 Å². The Kier molecular flexibility index (Phi) is 5.25. The largest absolute Gasteiger partial charge is 0.497 e. The number of ether oxygens (including phenoxy) is 1. The summed E-state index contributed by atoms with van der Waals surface area (Å²) in [6.45, 7) is 4.86. The predicted molar refractivity (Wildman–Crippen MR) is 111 cm³/mol. The Morgan fingerprint density at radius 1 is 1.11 bits per heavy atom. The second kappa shape index (κ2) is 7.98. The molecular weight excluding hydrogens is 372 g/mol. The molecule has 6 nitrogen and oxygen atoms in total. The predicted octanol–water partition coefficient (Wildman–Crippen LogP) is 3.48. The van der Waals surface area contributed by atoms with E-state index in [0.717, 1.165) is 40.9 Å². The molecule has 2 aromatic heterocycles. The lowest BCUT2D eigenvalue weighted by Gasteiger charge is -2.36. The van der Waals surface area contributed by atoms with E-state index in [2.05, 4.69) is 20.9 Å². The van der Waals surface area contributed by atoms with Gasteiger partial charge in [0.25, 0.3) is 5.91 Å². The Labute approximate surface area is 168 Å².